The number of carboxylic acid groups (broad SMARTS) is 2. The number of carboxylic acids is 2. The van der Waals surface area contributed by atoms with Crippen molar-refractivity contribution in [2.45, 2.75) is 26.2 Å². The standard InChI is InChI=1S/C11H16O6/c1-3-17-10(14)5-7(2)4-8(11(15)16)6-9(12)13/h3,7-8H,1,4-6H2,2H3,(H,12,13)(H,15,16). The average Bonchev–Trinajstić information content (AvgIpc) is 2.15. The van der Waals surface area contributed by atoms with Crippen LogP contribution in [-0.2, 0) is 19.1 Å². The van der Waals surface area contributed by atoms with Gasteiger partial charge in [0.2, 0.25) is 0 Å². The van der Waals surface area contributed by atoms with Crippen molar-refractivity contribution < 1.29 is 29.3 Å². The summed E-state index contributed by atoms with van der Waals surface area (Å²) in [5.74, 6) is -4.09. The van der Waals surface area contributed by atoms with Crippen molar-refractivity contribution in [3.63, 3.8) is 0 Å². The monoisotopic (exact) mass is 244 g/mol. The second-order valence-corrected chi connectivity index (χ2v) is 3.83. The van der Waals surface area contributed by atoms with Crippen molar-refractivity contribution in [1.82, 2.24) is 0 Å². The van der Waals surface area contributed by atoms with E-state index in [2.05, 4.69) is 11.3 Å². The topological polar surface area (TPSA) is 101 Å². The molecule has 0 bridgehead atoms. The Balaban J connectivity index is 4.25. The third-order valence-corrected chi connectivity index (χ3v) is 2.19. The summed E-state index contributed by atoms with van der Waals surface area (Å²) in [6, 6.07) is 0. The quantitative estimate of drug-likeness (QED) is 0.492. The number of esters is 1. The molecule has 0 aromatic carbocycles. The zero-order valence-corrected chi connectivity index (χ0v) is 9.59. The van der Waals surface area contributed by atoms with Gasteiger partial charge >= 0.3 is 17.9 Å². The van der Waals surface area contributed by atoms with Crippen molar-refractivity contribution in [1.29, 1.82) is 0 Å². The maximum atomic E-state index is 11.1. The first kappa shape index (κ1) is 15.2. The molecule has 0 saturated carbocycles. The highest BCUT2D eigenvalue weighted by atomic mass is 16.5. The van der Waals surface area contributed by atoms with Gasteiger partial charge in [0.05, 0.1) is 18.6 Å². The summed E-state index contributed by atoms with van der Waals surface area (Å²) in [5, 5.41) is 17.4. The molecule has 0 rings (SSSR count). The number of hydrogen-bond acceptors (Lipinski definition) is 4. The normalized spacial score (nSPS) is 13.5. The zero-order chi connectivity index (χ0) is 13.4. The molecule has 2 unspecified atom stereocenters. The molecule has 0 amide bonds. The Morgan fingerprint density at radius 2 is 1.88 bits per heavy atom. The molecule has 0 saturated heterocycles. The fourth-order valence-electron chi connectivity index (χ4n) is 1.48. The molecule has 0 aliphatic rings. The first-order valence-electron chi connectivity index (χ1n) is 5.11. The van der Waals surface area contributed by atoms with Gasteiger partial charge in [0.25, 0.3) is 0 Å². The van der Waals surface area contributed by atoms with E-state index >= 15 is 0 Å². The van der Waals surface area contributed by atoms with Crippen LogP contribution in [0.2, 0.25) is 0 Å². The number of carbonyl (C=O) groups excluding carboxylic acids is 1. The number of aliphatic carboxylic acids is 2. The summed E-state index contributed by atoms with van der Waals surface area (Å²) in [4.78, 5) is 32.3. The van der Waals surface area contributed by atoms with Crippen LogP contribution in [0.3, 0.4) is 0 Å². The third-order valence-electron chi connectivity index (χ3n) is 2.19. The van der Waals surface area contributed by atoms with Gasteiger partial charge in [0, 0.05) is 6.42 Å². The van der Waals surface area contributed by atoms with Crippen LogP contribution < -0.4 is 0 Å². The van der Waals surface area contributed by atoms with Crippen LogP contribution in [0.4, 0.5) is 0 Å². The van der Waals surface area contributed by atoms with Crippen LogP contribution in [0.1, 0.15) is 26.2 Å². The van der Waals surface area contributed by atoms with Crippen LogP contribution in [-0.4, -0.2) is 28.1 Å². The van der Waals surface area contributed by atoms with Crippen LogP contribution in [0.15, 0.2) is 12.8 Å². The highest BCUT2D eigenvalue weighted by molar-refractivity contribution is 5.77. The minimum atomic E-state index is -1.17. The molecule has 0 radical (unpaired) electrons. The van der Waals surface area contributed by atoms with E-state index < -0.39 is 30.2 Å². The number of rotatable bonds is 8. The molecule has 0 aromatic heterocycles. The second kappa shape index (κ2) is 7.43. The van der Waals surface area contributed by atoms with Crippen molar-refractivity contribution in [3.8, 4) is 0 Å². The maximum absolute atomic E-state index is 11.1. The fraction of sp³-hybridized carbons (Fsp3) is 0.545. The SMILES string of the molecule is C=COC(=O)CC(C)CC(CC(=O)O)C(=O)O. The molecule has 0 aromatic rings. The molecular formula is C11H16O6. The van der Waals surface area contributed by atoms with Gasteiger partial charge in [0.15, 0.2) is 0 Å². The Morgan fingerprint density at radius 1 is 1.29 bits per heavy atom. The van der Waals surface area contributed by atoms with Gasteiger partial charge < -0.3 is 14.9 Å². The molecule has 2 atom stereocenters. The maximum Gasteiger partial charge on any atom is 0.310 e. The third kappa shape index (κ3) is 7.10. The molecule has 0 spiro atoms. The van der Waals surface area contributed by atoms with Crippen molar-refractivity contribution in [2.75, 3.05) is 0 Å². The van der Waals surface area contributed by atoms with E-state index in [-0.39, 0.29) is 18.8 Å². The van der Waals surface area contributed by atoms with Crippen molar-refractivity contribution >= 4 is 17.9 Å². The molecule has 6 nitrogen and oxygen atoms in total. The molecular weight excluding hydrogens is 228 g/mol. The van der Waals surface area contributed by atoms with E-state index in [9.17, 15) is 14.4 Å². The summed E-state index contributed by atoms with van der Waals surface area (Å²) in [6.07, 6.45) is 0.709. The predicted octanol–water partition coefficient (Wildman–Crippen LogP) is 1.26. The highest BCUT2D eigenvalue weighted by Gasteiger charge is 2.24. The number of carbonyl (C=O) groups is 3. The molecule has 2 N–H and O–H groups in total. The summed E-state index contributed by atoms with van der Waals surface area (Å²) >= 11 is 0. The number of ether oxygens (including phenoxy) is 1. The van der Waals surface area contributed by atoms with E-state index in [1.807, 2.05) is 0 Å². The van der Waals surface area contributed by atoms with Gasteiger partial charge in [-0.05, 0) is 12.3 Å². The molecule has 17 heavy (non-hydrogen) atoms. The lowest BCUT2D eigenvalue weighted by Crippen LogP contribution is -2.21. The summed E-state index contributed by atoms with van der Waals surface area (Å²) < 4.78 is 4.50. The van der Waals surface area contributed by atoms with Crippen molar-refractivity contribution in [2.24, 2.45) is 11.8 Å². The van der Waals surface area contributed by atoms with Gasteiger partial charge in [-0.15, -0.1) is 0 Å². The molecule has 0 aliphatic carbocycles. The Morgan fingerprint density at radius 3 is 2.29 bits per heavy atom. The Kier molecular flexibility index (Phi) is 6.62. The average molecular weight is 244 g/mol. The van der Waals surface area contributed by atoms with Crippen LogP contribution in [0.25, 0.3) is 0 Å². The zero-order valence-electron chi connectivity index (χ0n) is 9.59. The summed E-state index contributed by atoms with van der Waals surface area (Å²) in [7, 11) is 0. The fourth-order valence-corrected chi connectivity index (χ4v) is 1.48. The minimum Gasteiger partial charge on any atom is -0.481 e. The van der Waals surface area contributed by atoms with Gasteiger partial charge in [-0.3, -0.25) is 14.4 Å². The lowest BCUT2D eigenvalue weighted by Gasteiger charge is -2.14. The molecule has 0 fully saturated rings. The molecule has 96 valence electrons. The molecule has 6 heteroatoms. The van der Waals surface area contributed by atoms with E-state index in [1.165, 1.54) is 0 Å². The Hall–Kier alpha value is -1.85. The largest absolute Gasteiger partial charge is 0.481 e. The first-order valence-corrected chi connectivity index (χ1v) is 5.11. The van der Waals surface area contributed by atoms with Crippen molar-refractivity contribution in [3.05, 3.63) is 12.8 Å². The predicted molar refractivity (Wildman–Crippen MR) is 58.1 cm³/mol. The molecule has 0 aliphatic heterocycles. The highest BCUT2D eigenvalue weighted by Crippen LogP contribution is 2.19. The second-order valence-electron chi connectivity index (χ2n) is 3.83. The molecule has 0 heterocycles. The van der Waals surface area contributed by atoms with Gasteiger partial charge in [-0.25, -0.2) is 0 Å². The summed E-state index contributed by atoms with van der Waals surface area (Å²) in [6.45, 7) is 4.89. The van der Waals surface area contributed by atoms with Gasteiger partial charge in [-0.1, -0.05) is 13.5 Å². The summed E-state index contributed by atoms with van der Waals surface area (Å²) in [5.41, 5.74) is 0. The van der Waals surface area contributed by atoms with Crippen LogP contribution in [0.5, 0.6) is 0 Å². The van der Waals surface area contributed by atoms with Gasteiger partial charge in [-0.2, -0.15) is 0 Å². The number of hydrogen-bond donors (Lipinski definition) is 2. The van der Waals surface area contributed by atoms with E-state index in [0.29, 0.717) is 0 Å². The Labute approximate surface area is 98.9 Å². The van der Waals surface area contributed by atoms with E-state index in [1.54, 1.807) is 6.92 Å². The smallest absolute Gasteiger partial charge is 0.310 e. The first-order chi connectivity index (χ1) is 7.86. The van der Waals surface area contributed by atoms with Gasteiger partial charge in [0.1, 0.15) is 0 Å². The lowest BCUT2D eigenvalue weighted by atomic mass is 9.91. The van der Waals surface area contributed by atoms with Crippen LogP contribution >= 0.6 is 0 Å². The van der Waals surface area contributed by atoms with E-state index in [0.717, 1.165) is 6.26 Å². The lowest BCUT2D eigenvalue weighted by molar-refractivity contribution is -0.149. The minimum absolute atomic E-state index is 0.0371. The van der Waals surface area contributed by atoms with E-state index in [4.69, 9.17) is 10.2 Å². The Bertz CT molecular complexity index is 309. The van der Waals surface area contributed by atoms with Crippen LogP contribution in [0, 0.1) is 11.8 Å².